The highest BCUT2D eigenvalue weighted by molar-refractivity contribution is 5.41. The predicted molar refractivity (Wildman–Crippen MR) is 73.3 cm³/mol. The second kappa shape index (κ2) is 5.36. The van der Waals surface area contributed by atoms with Gasteiger partial charge in [-0.1, -0.05) is 12.1 Å². The van der Waals surface area contributed by atoms with E-state index in [4.69, 9.17) is 4.74 Å². The number of benzene rings is 1. The number of aliphatic hydroxyl groups excluding tert-OH is 1. The van der Waals surface area contributed by atoms with Crippen LogP contribution in [0.15, 0.2) is 24.5 Å². The van der Waals surface area contributed by atoms with Crippen LogP contribution in [-0.4, -0.2) is 22.2 Å². The summed E-state index contributed by atoms with van der Waals surface area (Å²) in [6.07, 6.45) is 2.27. The Morgan fingerprint density at radius 1 is 1.00 bits per heavy atom. The van der Waals surface area contributed by atoms with Crippen molar-refractivity contribution in [2.24, 2.45) is 0 Å². The fourth-order valence-electron chi connectivity index (χ4n) is 2.11. The highest BCUT2D eigenvalue weighted by Crippen LogP contribution is 2.29. The second-order valence-corrected chi connectivity index (χ2v) is 4.65. The lowest BCUT2D eigenvalue weighted by molar-refractivity contribution is 0.207. The van der Waals surface area contributed by atoms with Gasteiger partial charge in [-0.3, -0.25) is 4.98 Å². The van der Waals surface area contributed by atoms with Crippen LogP contribution in [0.25, 0.3) is 0 Å². The summed E-state index contributed by atoms with van der Waals surface area (Å²) in [7, 11) is 1.52. The molecule has 100 valence electrons. The van der Waals surface area contributed by atoms with E-state index < -0.39 is 6.10 Å². The zero-order valence-corrected chi connectivity index (χ0v) is 11.6. The molecule has 4 heteroatoms. The van der Waals surface area contributed by atoms with E-state index in [-0.39, 0.29) is 0 Å². The fraction of sp³-hybridized carbons (Fsp3) is 0.333. The Kier molecular flexibility index (Phi) is 3.81. The predicted octanol–water partition coefficient (Wildman–Crippen LogP) is 2.49. The van der Waals surface area contributed by atoms with Crippen LogP contribution in [0.4, 0.5) is 0 Å². The van der Waals surface area contributed by atoms with Crippen LogP contribution in [0.2, 0.25) is 0 Å². The molecule has 1 N–H and O–H groups in total. The minimum Gasteiger partial charge on any atom is -0.480 e. The smallest absolute Gasteiger partial charge is 0.238 e. The molecule has 0 amide bonds. The molecule has 1 unspecified atom stereocenters. The summed E-state index contributed by atoms with van der Waals surface area (Å²) in [5.74, 6) is 0.354. The Bertz CT molecular complexity index is 597. The normalized spacial score (nSPS) is 12.3. The van der Waals surface area contributed by atoms with Gasteiger partial charge in [0.1, 0.15) is 11.8 Å². The lowest BCUT2D eigenvalue weighted by Gasteiger charge is -2.16. The minimum absolute atomic E-state index is 0.354. The Balaban J connectivity index is 2.50. The maximum atomic E-state index is 10.5. The maximum Gasteiger partial charge on any atom is 0.238 e. The fourth-order valence-corrected chi connectivity index (χ4v) is 2.11. The van der Waals surface area contributed by atoms with Gasteiger partial charge >= 0.3 is 0 Å². The quantitative estimate of drug-likeness (QED) is 0.919. The highest BCUT2D eigenvalue weighted by atomic mass is 16.5. The molecule has 1 aromatic heterocycles. The van der Waals surface area contributed by atoms with Crippen LogP contribution >= 0.6 is 0 Å². The van der Waals surface area contributed by atoms with Crippen molar-refractivity contribution in [3.63, 3.8) is 0 Å². The van der Waals surface area contributed by atoms with Gasteiger partial charge in [0.05, 0.1) is 7.11 Å². The van der Waals surface area contributed by atoms with Crippen molar-refractivity contribution in [3.8, 4) is 5.88 Å². The van der Waals surface area contributed by atoms with Crippen LogP contribution in [0.3, 0.4) is 0 Å². The first-order valence-corrected chi connectivity index (χ1v) is 6.15. The van der Waals surface area contributed by atoms with Gasteiger partial charge in [-0.15, -0.1) is 0 Å². The molecule has 0 saturated carbocycles. The molecule has 0 radical (unpaired) electrons. The van der Waals surface area contributed by atoms with E-state index >= 15 is 0 Å². The van der Waals surface area contributed by atoms with Gasteiger partial charge in [0.25, 0.3) is 0 Å². The van der Waals surface area contributed by atoms with E-state index in [1.54, 1.807) is 12.4 Å². The molecule has 2 rings (SSSR count). The molecule has 0 aliphatic rings. The molecule has 0 spiro atoms. The summed E-state index contributed by atoms with van der Waals surface area (Å²) >= 11 is 0. The zero-order chi connectivity index (χ0) is 14.0. The molecule has 2 aromatic rings. The van der Waals surface area contributed by atoms with Crippen molar-refractivity contribution in [1.82, 2.24) is 9.97 Å². The van der Waals surface area contributed by atoms with Crippen LogP contribution in [0.1, 0.15) is 34.1 Å². The molecule has 0 aliphatic heterocycles. The van der Waals surface area contributed by atoms with Gasteiger partial charge in [-0.2, -0.15) is 0 Å². The zero-order valence-electron chi connectivity index (χ0n) is 11.6. The molecule has 0 fully saturated rings. The minimum atomic E-state index is -0.831. The lowest BCUT2D eigenvalue weighted by atomic mass is 9.96. The summed E-state index contributed by atoms with van der Waals surface area (Å²) in [5.41, 5.74) is 4.66. The Hall–Kier alpha value is -1.94. The summed E-state index contributed by atoms with van der Waals surface area (Å²) in [4.78, 5) is 8.25. The van der Waals surface area contributed by atoms with Gasteiger partial charge in [-0.25, -0.2) is 4.98 Å². The van der Waals surface area contributed by atoms with Crippen molar-refractivity contribution in [1.29, 1.82) is 0 Å². The number of aromatic nitrogens is 2. The van der Waals surface area contributed by atoms with Crippen LogP contribution in [-0.2, 0) is 0 Å². The van der Waals surface area contributed by atoms with Gasteiger partial charge in [0.15, 0.2) is 0 Å². The molecule has 1 heterocycles. The molecule has 0 aliphatic carbocycles. The number of aliphatic hydroxyl groups is 1. The van der Waals surface area contributed by atoms with Crippen molar-refractivity contribution < 1.29 is 9.84 Å². The number of aryl methyl sites for hydroxylation is 3. The number of hydrogen-bond donors (Lipinski definition) is 1. The third kappa shape index (κ3) is 2.58. The first kappa shape index (κ1) is 13.5. The average Bonchev–Trinajstić information content (AvgIpc) is 2.42. The van der Waals surface area contributed by atoms with E-state index in [1.807, 2.05) is 19.9 Å². The molecule has 1 atom stereocenters. The number of ether oxygens (including phenoxy) is 1. The van der Waals surface area contributed by atoms with Gasteiger partial charge < -0.3 is 9.84 Å². The van der Waals surface area contributed by atoms with Crippen molar-refractivity contribution in [2.75, 3.05) is 7.11 Å². The monoisotopic (exact) mass is 258 g/mol. The van der Waals surface area contributed by atoms with E-state index in [1.165, 1.54) is 12.7 Å². The van der Waals surface area contributed by atoms with Crippen molar-refractivity contribution in [2.45, 2.75) is 26.9 Å². The highest BCUT2D eigenvalue weighted by Gasteiger charge is 2.20. The maximum absolute atomic E-state index is 10.5. The van der Waals surface area contributed by atoms with E-state index in [2.05, 4.69) is 23.0 Å². The molecule has 0 bridgehead atoms. The summed E-state index contributed by atoms with van der Waals surface area (Å²) in [6, 6.07) is 4.06. The lowest BCUT2D eigenvalue weighted by Crippen LogP contribution is -2.08. The van der Waals surface area contributed by atoms with Crippen LogP contribution in [0, 0.1) is 20.8 Å². The second-order valence-electron chi connectivity index (χ2n) is 4.65. The third-order valence-corrected chi connectivity index (χ3v) is 3.32. The van der Waals surface area contributed by atoms with Gasteiger partial charge in [0.2, 0.25) is 5.88 Å². The Labute approximate surface area is 113 Å². The number of nitrogens with zero attached hydrogens (tertiary/aromatic N) is 2. The Morgan fingerprint density at radius 2 is 1.63 bits per heavy atom. The molecular formula is C15H18N2O2. The van der Waals surface area contributed by atoms with Crippen molar-refractivity contribution in [3.05, 3.63) is 52.5 Å². The summed E-state index contributed by atoms with van der Waals surface area (Å²) in [6.45, 7) is 6.06. The number of methoxy groups -OCH3 is 1. The third-order valence-electron chi connectivity index (χ3n) is 3.32. The largest absolute Gasteiger partial charge is 0.480 e. The molecule has 19 heavy (non-hydrogen) atoms. The SMILES string of the molecule is COc1nccnc1C(O)c1cc(C)c(C)cc1C. The first-order valence-electron chi connectivity index (χ1n) is 6.15. The summed E-state index contributed by atoms with van der Waals surface area (Å²) in [5, 5.41) is 10.5. The molecule has 4 nitrogen and oxygen atoms in total. The molecule has 0 saturated heterocycles. The number of hydrogen-bond acceptors (Lipinski definition) is 4. The topological polar surface area (TPSA) is 55.2 Å². The van der Waals surface area contributed by atoms with Gasteiger partial charge in [0, 0.05) is 12.4 Å². The molecule has 1 aromatic carbocycles. The van der Waals surface area contributed by atoms with Gasteiger partial charge in [-0.05, 0) is 43.0 Å². The number of rotatable bonds is 3. The Morgan fingerprint density at radius 3 is 2.32 bits per heavy atom. The van der Waals surface area contributed by atoms with Crippen LogP contribution in [0.5, 0.6) is 5.88 Å². The van der Waals surface area contributed by atoms with Crippen LogP contribution < -0.4 is 4.74 Å². The van der Waals surface area contributed by atoms with E-state index in [9.17, 15) is 5.11 Å². The first-order chi connectivity index (χ1) is 9.04. The van der Waals surface area contributed by atoms with E-state index in [0.29, 0.717) is 11.6 Å². The molecular weight excluding hydrogens is 240 g/mol. The van der Waals surface area contributed by atoms with E-state index in [0.717, 1.165) is 16.7 Å². The summed E-state index contributed by atoms with van der Waals surface area (Å²) < 4.78 is 5.15. The average molecular weight is 258 g/mol. The van der Waals surface area contributed by atoms with Crippen molar-refractivity contribution >= 4 is 0 Å². The standard InChI is InChI=1S/C15H18N2O2/c1-9-7-11(3)12(8-10(9)2)14(18)13-15(19-4)17-6-5-16-13/h5-8,14,18H,1-4H3.